The number of halogens is 3. The highest BCUT2D eigenvalue weighted by atomic mass is 19.3. The van der Waals surface area contributed by atoms with Crippen LogP contribution < -0.4 is 10.2 Å². The number of fused-ring (bicyclic) bond motifs is 1. The molecule has 1 amide bonds. The van der Waals surface area contributed by atoms with Crippen molar-refractivity contribution < 1.29 is 18.0 Å². The molecule has 1 aromatic carbocycles. The van der Waals surface area contributed by atoms with E-state index in [1.807, 2.05) is 6.07 Å². The van der Waals surface area contributed by atoms with Crippen LogP contribution in [0.2, 0.25) is 0 Å². The van der Waals surface area contributed by atoms with Gasteiger partial charge in [-0.1, -0.05) is 0 Å². The van der Waals surface area contributed by atoms with E-state index >= 15 is 0 Å². The summed E-state index contributed by atoms with van der Waals surface area (Å²) in [6.45, 7) is 0.933. The maximum atomic E-state index is 14.1. The fourth-order valence-corrected chi connectivity index (χ4v) is 4.93. The number of hydrogen-bond acceptors (Lipinski definition) is 6. The molecule has 186 valence electrons. The van der Waals surface area contributed by atoms with Gasteiger partial charge in [0.05, 0.1) is 46.8 Å². The van der Waals surface area contributed by atoms with E-state index in [1.54, 1.807) is 24.1 Å². The highest BCUT2D eigenvalue weighted by Gasteiger charge is 2.40. The average molecular weight is 495 g/mol. The summed E-state index contributed by atoms with van der Waals surface area (Å²) in [5, 5.41) is 12.6. The zero-order valence-corrected chi connectivity index (χ0v) is 19.8. The lowest BCUT2D eigenvalue weighted by Gasteiger charge is -2.26. The van der Waals surface area contributed by atoms with Gasteiger partial charge >= 0.3 is 0 Å². The van der Waals surface area contributed by atoms with E-state index in [2.05, 4.69) is 15.3 Å². The minimum atomic E-state index is -2.86. The highest BCUT2D eigenvalue weighted by molar-refractivity contribution is 6.09. The van der Waals surface area contributed by atoms with E-state index in [1.165, 1.54) is 23.2 Å². The second kappa shape index (κ2) is 9.39. The standard InChI is InChI=1S/C26H25F3N6O/c1-34(14-19-3-2-7-31-19)25(36)23-22(35-8-6-26(28,29)15-35)13-32-21-5-4-20(33-24(21)23)17-9-16(12-30)10-18(27)11-17/h4-5,9-11,13,19,31H,2-3,6-8,14-15H2,1H3/t19-/m0/s1. The van der Waals surface area contributed by atoms with Crippen molar-refractivity contribution in [2.45, 2.75) is 31.2 Å². The number of amides is 1. The van der Waals surface area contributed by atoms with Crippen molar-refractivity contribution in [2.75, 3.05) is 38.1 Å². The van der Waals surface area contributed by atoms with Crippen LogP contribution in [0.5, 0.6) is 0 Å². The molecule has 4 heterocycles. The van der Waals surface area contributed by atoms with Crippen LogP contribution in [0.1, 0.15) is 35.2 Å². The third-order valence-corrected chi connectivity index (χ3v) is 6.74. The Morgan fingerprint density at radius 1 is 1.33 bits per heavy atom. The van der Waals surface area contributed by atoms with Crippen molar-refractivity contribution >= 4 is 22.6 Å². The summed E-state index contributed by atoms with van der Waals surface area (Å²) in [5.41, 5.74) is 2.01. The molecule has 0 spiro atoms. The van der Waals surface area contributed by atoms with Crippen LogP contribution >= 0.6 is 0 Å². The van der Waals surface area contributed by atoms with E-state index < -0.39 is 18.3 Å². The Kier molecular flexibility index (Phi) is 6.26. The van der Waals surface area contributed by atoms with Crippen LogP contribution in [0.25, 0.3) is 22.3 Å². The van der Waals surface area contributed by atoms with Gasteiger partial charge in [-0.2, -0.15) is 5.26 Å². The first-order valence-corrected chi connectivity index (χ1v) is 11.9. The lowest BCUT2D eigenvalue weighted by atomic mass is 10.1. The van der Waals surface area contributed by atoms with E-state index in [-0.39, 0.29) is 41.6 Å². The van der Waals surface area contributed by atoms with Crippen molar-refractivity contribution in [3.63, 3.8) is 0 Å². The number of hydrogen-bond donors (Lipinski definition) is 1. The van der Waals surface area contributed by atoms with E-state index in [0.717, 1.165) is 25.5 Å². The summed E-state index contributed by atoms with van der Waals surface area (Å²) in [7, 11) is 1.69. The van der Waals surface area contributed by atoms with Crippen molar-refractivity contribution in [2.24, 2.45) is 0 Å². The van der Waals surface area contributed by atoms with Gasteiger partial charge in [0.1, 0.15) is 11.3 Å². The Balaban J connectivity index is 1.63. The Morgan fingerprint density at radius 2 is 2.17 bits per heavy atom. The van der Waals surface area contributed by atoms with Crippen LogP contribution in [0.3, 0.4) is 0 Å². The molecule has 3 aromatic rings. The zero-order chi connectivity index (χ0) is 25.4. The van der Waals surface area contributed by atoms with Gasteiger partial charge in [0.15, 0.2) is 0 Å². The maximum Gasteiger partial charge on any atom is 0.266 e. The lowest BCUT2D eigenvalue weighted by molar-refractivity contribution is 0.0256. The van der Waals surface area contributed by atoms with E-state index in [4.69, 9.17) is 0 Å². The van der Waals surface area contributed by atoms with Gasteiger partial charge in [0.25, 0.3) is 11.8 Å². The number of benzene rings is 1. The summed E-state index contributed by atoms with van der Waals surface area (Å²) in [4.78, 5) is 25.9. The predicted molar refractivity (Wildman–Crippen MR) is 129 cm³/mol. The molecule has 0 aliphatic carbocycles. The Labute approximate surface area is 206 Å². The molecule has 1 atom stereocenters. The topological polar surface area (TPSA) is 85.2 Å². The molecule has 7 nitrogen and oxygen atoms in total. The van der Waals surface area contributed by atoms with Crippen LogP contribution in [0.15, 0.2) is 36.5 Å². The molecule has 2 fully saturated rings. The van der Waals surface area contributed by atoms with Gasteiger partial charge in [0, 0.05) is 38.2 Å². The minimum absolute atomic E-state index is 0.0868. The van der Waals surface area contributed by atoms with Gasteiger partial charge in [0.2, 0.25) is 0 Å². The van der Waals surface area contributed by atoms with Crippen LogP contribution in [-0.4, -0.2) is 66.0 Å². The largest absolute Gasteiger partial charge is 0.363 e. The number of carbonyl (C=O) groups excluding carboxylic acids is 1. The van der Waals surface area contributed by atoms with Crippen LogP contribution in [0, 0.1) is 17.1 Å². The molecule has 5 rings (SSSR count). The van der Waals surface area contributed by atoms with Gasteiger partial charge in [-0.3, -0.25) is 9.78 Å². The first kappa shape index (κ1) is 24.0. The normalized spacial score (nSPS) is 19.0. The van der Waals surface area contributed by atoms with Crippen molar-refractivity contribution in [1.29, 1.82) is 5.26 Å². The molecular weight excluding hydrogens is 469 g/mol. The molecule has 0 unspecified atom stereocenters. The molecule has 0 bridgehead atoms. The fourth-order valence-electron chi connectivity index (χ4n) is 4.93. The summed E-state index contributed by atoms with van der Waals surface area (Å²) < 4.78 is 42.3. The van der Waals surface area contributed by atoms with Crippen molar-refractivity contribution in [3.05, 3.63) is 53.5 Å². The highest BCUT2D eigenvalue weighted by Crippen LogP contribution is 2.36. The number of anilines is 1. The molecule has 36 heavy (non-hydrogen) atoms. The number of rotatable bonds is 5. The molecule has 0 radical (unpaired) electrons. The molecule has 2 aliphatic rings. The number of aromatic nitrogens is 2. The second-order valence-corrected chi connectivity index (χ2v) is 9.43. The summed E-state index contributed by atoms with van der Waals surface area (Å²) >= 11 is 0. The lowest BCUT2D eigenvalue weighted by Crippen LogP contribution is -2.39. The van der Waals surface area contributed by atoms with E-state index in [9.17, 15) is 23.2 Å². The SMILES string of the molecule is CN(C[C@@H]1CCCN1)C(=O)c1c(N2CCC(F)(F)C2)cnc2ccc(-c3cc(F)cc(C#N)c3)nc12. The number of carbonyl (C=O) groups is 1. The molecule has 2 aliphatic heterocycles. The number of pyridine rings is 2. The maximum absolute atomic E-state index is 14.1. The monoisotopic (exact) mass is 494 g/mol. The number of nitrogens with zero attached hydrogens (tertiary/aromatic N) is 5. The smallest absolute Gasteiger partial charge is 0.266 e. The quantitative estimate of drug-likeness (QED) is 0.578. The Bertz CT molecular complexity index is 1370. The Morgan fingerprint density at radius 3 is 2.86 bits per heavy atom. The molecule has 1 N–H and O–H groups in total. The number of nitriles is 1. The summed E-state index contributed by atoms with van der Waals surface area (Å²) in [5.74, 6) is -3.79. The zero-order valence-electron chi connectivity index (χ0n) is 19.8. The number of likely N-dealkylation sites (N-methyl/N-ethyl adjacent to an activating group) is 1. The summed E-state index contributed by atoms with van der Waals surface area (Å²) in [6.07, 6.45) is 3.12. The molecular formula is C26H25F3N6O. The molecule has 2 saturated heterocycles. The van der Waals surface area contributed by atoms with Crippen molar-refractivity contribution in [1.82, 2.24) is 20.2 Å². The second-order valence-electron chi connectivity index (χ2n) is 9.43. The molecule has 0 saturated carbocycles. The molecule has 10 heteroatoms. The van der Waals surface area contributed by atoms with Crippen LogP contribution in [0.4, 0.5) is 18.9 Å². The van der Waals surface area contributed by atoms with Gasteiger partial charge < -0.3 is 15.1 Å². The average Bonchev–Trinajstić information content (AvgIpc) is 3.50. The van der Waals surface area contributed by atoms with Crippen LogP contribution in [-0.2, 0) is 0 Å². The predicted octanol–water partition coefficient (Wildman–Crippen LogP) is 3.98. The third-order valence-electron chi connectivity index (χ3n) is 6.74. The minimum Gasteiger partial charge on any atom is -0.363 e. The van der Waals surface area contributed by atoms with Gasteiger partial charge in [-0.25, -0.2) is 18.2 Å². The van der Waals surface area contributed by atoms with E-state index in [0.29, 0.717) is 29.0 Å². The third kappa shape index (κ3) is 4.71. The summed E-state index contributed by atoms with van der Waals surface area (Å²) in [6, 6.07) is 9.26. The Hall–Kier alpha value is -3.71. The molecule has 2 aromatic heterocycles. The fraction of sp³-hybridized carbons (Fsp3) is 0.385. The van der Waals surface area contributed by atoms with Crippen molar-refractivity contribution in [3.8, 4) is 17.3 Å². The van der Waals surface area contributed by atoms with Gasteiger partial charge in [-0.05, 0) is 49.7 Å². The first-order valence-electron chi connectivity index (χ1n) is 11.9. The first-order chi connectivity index (χ1) is 17.2. The number of alkyl halides is 2. The van der Waals surface area contributed by atoms with Gasteiger partial charge in [-0.15, -0.1) is 0 Å². The number of nitrogens with one attached hydrogen (secondary N) is 1.